The number of nitrogens with zero attached hydrogens (tertiary/aromatic N) is 2. The second kappa shape index (κ2) is 13.7. The summed E-state index contributed by atoms with van der Waals surface area (Å²) in [5.74, 6) is -5.02. The third-order valence-electron chi connectivity index (χ3n) is 4.64. The molecular weight excluding hydrogens is 448 g/mol. The summed E-state index contributed by atoms with van der Waals surface area (Å²) in [6.07, 6.45) is -2.29. The first-order valence-corrected chi connectivity index (χ1v) is 11.1. The summed E-state index contributed by atoms with van der Waals surface area (Å²) in [5.41, 5.74) is -0.0183. The van der Waals surface area contributed by atoms with E-state index in [1.165, 1.54) is 16.0 Å². The van der Waals surface area contributed by atoms with Gasteiger partial charge in [-0.1, -0.05) is 35.9 Å². The second-order valence-corrected chi connectivity index (χ2v) is 9.09. The molecule has 0 saturated heterocycles. The molecule has 0 radical (unpaired) electrons. The number of thiophene rings is 1. The molecule has 0 amide bonds. The van der Waals surface area contributed by atoms with E-state index >= 15 is 0 Å². The molecule has 10 heteroatoms. The highest BCUT2D eigenvalue weighted by Crippen LogP contribution is 2.16. The summed E-state index contributed by atoms with van der Waals surface area (Å²) in [4.78, 5) is 36.7. The van der Waals surface area contributed by atoms with Gasteiger partial charge in [0.05, 0.1) is 12.8 Å². The number of carboxylic acid groups (broad SMARTS) is 3. The number of rotatable bonds is 12. The van der Waals surface area contributed by atoms with Gasteiger partial charge in [0.25, 0.3) is 0 Å². The monoisotopic (exact) mass is 480 g/mol. The van der Waals surface area contributed by atoms with Crippen molar-refractivity contribution in [2.75, 3.05) is 27.2 Å². The number of likely N-dealkylation sites (N-methyl/N-ethyl adjacent to an activating group) is 1. The van der Waals surface area contributed by atoms with Gasteiger partial charge in [-0.25, -0.2) is 4.79 Å². The lowest BCUT2D eigenvalue weighted by Gasteiger charge is -2.23. The van der Waals surface area contributed by atoms with E-state index in [-0.39, 0.29) is 0 Å². The number of hydrogen-bond donors (Lipinski definition) is 4. The first-order valence-electron chi connectivity index (χ1n) is 10.3. The summed E-state index contributed by atoms with van der Waals surface area (Å²) in [5, 5.41) is 36.0. The highest BCUT2D eigenvalue weighted by Gasteiger charge is 2.40. The van der Waals surface area contributed by atoms with E-state index in [2.05, 4.69) is 72.6 Å². The van der Waals surface area contributed by atoms with Gasteiger partial charge in [-0.15, -0.1) is 11.3 Å². The Balaban J connectivity index is 0.000000366. The van der Waals surface area contributed by atoms with Gasteiger partial charge in [0.1, 0.15) is 0 Å². The number of carboxylic acids is 3. The average molecular weight is 481 g/mol. The zero-order chi connectivity index (χ0) is 25.0. The van der Waals surface area contributed by atoms with Crippen molar-refractivity contribution in [3.8, 4) is 0 Å². The van der Waals surface area contributed by atoms with Gasteiger partial charge in [0.15, 0.2) is 5.60 Å². The summed E-state index contributed by atoms with van der Waals surface area (Å²) >= 11 is 1.84. The molecule has 0 aliphatic rings. The molecule has 4 N–H and O–H groups in total. The molecule has 9 nitrogen and oxygen atoms in total. The van der Waals surface area contributed by atoms with E-state index in [1.807, 2.05) is 11.3 Å². The number of aliphatic carboxylic acids is 3. The van der Waals surface area contributed by atoms with Crippen LogP contribution < -0.4 is 0 Å². The van der Waals surface area contributed by atoms with Crippen LogP contribution in [0.3, 0.4) is 0 Å². The van der Waals surface area contributed by atoms with Crippen LogP contribution in [0.4, 0.5) is 0 Å². The Kier molecular flexibility index (Phi) is 11.7. The molecule has 0 fully saturated rings. The molecule has 2 rings (SSSR count). The molecule has 1 aromatic heterocycles. The predicted octanol–water partition coefficient (Wildman–Crippen LogP) is 2.37. The highest BCUT2D eigenvalue weighted by molar-refractivity contribution is 7.09. The Hall–Kier alpha value is -2.79. The molecule has 0 saturated carbocycles. The molecule has 0 atom stereocenters. The molecule has 2 aromatic rings. The van der Waals surface area contributed by atoms with Gasteiger partial charge >= 0.3 is 17.9 Å². The molecule has 1 heterocycles. The minimum Gasteiger partial charge on any atom is -0.481 e. The van der Waals surface area contributed by atoms with E-state index in [1.54, 1.807) is 0 Å². The van der Waals surface area contributed by atoms with Crippen LogP contribution in [0.1, 0.15) is 28.8 Å². The van der Waals surface area contributed by atoms with Crippen LogP contribution in [-0.4, -0.2) is 80.9 Å². The molecule has 182 valence electrons. The first kappa shape index (κ1) is 28.2. The average Bonchev–Trinajstić information content (AvgIpc) is 3.20. The fraction of sp³-hybridized carbons (Fsp3) is 0.435. The van der Waals surface area contributed by atoms with Gasteiger partial charge in [-0.2, -0.15) is 0 Å². The van der Waals surface area contributed by atoms with Crippen LogP contribution in [0.2, 0.25) is 0 Å². The molecule has 0 aliphatic carbocycles. The summed E-state index contributed by atoms with van der Waals surface area (Å²) in [6, 6.07) is 13.2. The molecule has 0 aliphatic heterocycles. The Morgan fingerprint density at radius 1 is 0.909 bits per heavy atom. The van der Waals surface area contributed by atoms with Gasteiger partial charge in [-0.05, 0) is 38.0 Å². The number of carbonyl (C=O) groups is 3. The highest BCUT2D eigenvalue weighted by atomic mass is 32.1. The largest absolute Gasteiger partial charge is 0.481 e. The molecule has 0 unspecified atom stereocenters. The predicted molar refractivity (Wildman–Crippen MR) is 125 cm³/mol. The Morgan fingerprint density at radius 3 is 1.91 bits per heavy atom. The van der Waals surface area contributed by atoms with Crippen molar-refractivity contribution in [3.63, 3.8) is 0 Å². The van der Waals surface area contributed by atoms with Crippen LogP contribution in [0.15, 0.2) is 41.8 Å². The lowest BCUT2D eigenvalue weighted by atomic mass is 9.96. The van der Waals surface area contributed by atoms with Gasteiger partial charge in [0, 0.05) is 31.1 Å². The maximum atomic E-state index is 10.3. The van der Waals surface area contributed by atoms with Crippen molar-refractivity contribution >= 4 is 29.2 Å². The van der Waals surface area contributed by atoms with Crippen molar-refractivity contribution in [3.05, 3.63) is 57.8 Å². The van der Waals surface area contributed by atoms with Crippen molar-refractivity contribution in [1.82, 2.24) is 9.80 Å². The van der Waals surface area contributed by atoms with Crippen LogP contribution in [-0.2, 0) is 27.5 Å². The Bertz CT molecular complexity index is 867. The van der Waals surface area contributed by atoms with Crippen LogP contribution in [0, 0.1) is 6.92 Å². The van der Waals surface area contributed by atoms with Crippen molar-refractivity contribution in [2.45, 2.75) is 38.5 Å². The van der Waals surface area contributed by atoms with Crippen molar-refractivity contribution in [2.24, 2.45) is 0 Å². The third-order valence-corrected chi connectivity index (χ3v) is 5.50. The lowest BCUT2D eigenvalue weighted by molar-refractivity contribution is -0.170. The SMILES string of the molecule is Cc1ccc(CN(CCN(C)C)Cc2cccs2)cc1.O=C(O)CC(O)(CC(=O)O)C(=O)O. The fourth-order valence-corrected chi connectivity index (χ4v) is 3.59. The second-order valence-electron chi connectivity index (χ2n) is 8.06. The normalized spacial score (nSPS) is 11.2. The van der Waals surface area contributed by atoms with Crippen molar-refractivity contribution in [1.29, 1.82) is 0 Å². The third kappa shape index (κ3) is 11.6. The first-order chi connectivity index (χ1) is 15.4. The minimum atomic E-state index is -2.74. The Labute approximate surface area is 197 Å². The molecule has 0 bridgehead atoms. The fourth-order valence-electron chi connectivity index (χ4n) is 2.84. The summed E-state index contributed by atoms with van der Waals surface area (Å²) in [6.45, 7) is 6.39. The van der Waals surface area contributed by atoms with Gasteiger partial charge in [0.2, 0.25) is 0 Å². The van der Waals surface area contributed by atoms with Crippen LogP contribution in [0.25, 0.3) is 0 Å². The van der Waals surface area contributed by atoms with Crippen molar-refractivity contribution < 1.29 is 34.8 Å². The van der Waals surface area contributed by atoms with E-state index in [0.29, 0.717) is 0 Å². The smallest absolute Gasteiger partial charge is 0.336 e. The summed E-state index contributed by atoms with van der Waals surface area (Å²) in [7, 11) is 4.27. The van der Waals surface area contributed by atoms with Gasteiger partial charge in [-0.3, -0.25) is 14.5 Å². The molecule has 1 aromatic carbocycles. The van der Waals surface area contributed by atoms with E-state index in [4.69, 9.17) is 20.4 Å². The van der Waals surface area contributed by atoms with E-state index in [9.17, 15) is 14.4 Å². The number of hydrogen-bond acceptors (Lipinski definition) is 7. The maximum absolute atomic E-state index is 10.3. The zero-order valence-electron chi connectivity index (χ0n) is 19.1. The molecule has 0 spiro atoms. The number of aliphatic hydroxyl groups is 1. The standard InChI is InChI=1S/C17H24N2S.C6H8O7/c1-15-6-8-16(9-7-15)13-19(11-10-18(2)3)14-17-5-4-12-20-17;7-3(8)1-6(13,5(11)12)2-4(9)10/h4-9,12H,10-11,13-14H2,1-3H3;13H,1-2H2,(H,7,8)(H,9,10)(H,11,12). The Morgan fingerprint density at radius 2 is 1.48 bits per heavy atom. The summed E-state index contributed by atoms with van der Waals surface area (Å²) < 4.78 is 0. The quantitative estimate of drug-likeness (QED) is 0.360. The van der Waals surface area contributed by atoms with Crippen LogP contribution >= 0.6 is 11.3 Å². The van der Waals surface area contributed by atoms with Gasteiger partial charge < -0.3 is 25.3 Å². The van der Waals surface area contributed by atoms with Crippen LogP contribution in [0.5, 0.6) is 0 Å². The number of aryl methyl sites for hydroxylation is 1. The zero-order valence-corrected chi connectivity index (χ0v) is 19.9. The maximum Gasteiger partial charge on any atom is 0.336 e. The molecular formula is C23H32N2O7S. The minimum absolute atomic E-state index is 1.02. The lowest BCUT2D eigenvalue weighted by Crippen LogP contribution is -2.42. The topological polar surface area (TPSA) is 139 Å². The van der Waals surface area contributed by atoms with E-state index < -0.39 is 36.4 Å². The molecule has 33 heavy (non-hydrogen) atoms. The van der Waals surface area contributed by atoms with E-state index in [0.717, 1.165) is 26.2 Å². The number of benzene rings is 1.